The number of amides is 1. The van der Waals surface area contributed by atoms with E-state index in [9.17, 15) is 4.79 Å². The fraction of sp³-hybridized carbons (Fsp3) is 0.929. The zero-order chi connectivity index (χ0) is 13.7. The summed E-state index contributed by atoms with van der Waals surface area (Å²) >= 11 is 0. The first-order chi connectivity index (χ1) is 8.49. The molecule has 4 nitrogen and oxygen atoms in total. The molecule has 1 N–H and O–H groups in total. The smallest absolute Gasteiger partial charge is 0.241 e. The highest BCUT2D eigenvalue weighted by Gasteiger charge is 2.38. The van der Waals surface area contributed by atoms with E-state index in [-0.39, 0.29) is 24.2 Å². The van der Waals surface area contributed by atoms with Crippen LogP contribution in [0.4, 0.5) is 0 Å². The van der Waals surface area contributed by atoms with Gasteiger partial charge in [-0.1, -0.05) is 27.2 Å². The number of nitrogens with zero attached hydrogens (tertiary/aromatic N) is 1. The normalized spacial score (nSPS) is 26.1. The molecule has 0 spiro atoms. The van der Waals surface area contributed by atoms with Gasteiger partial charge in [0.2, 0.25) is 5.91 Å². The molecule has 1 saturated heterocycles. The van der Waals surface area contributed by atoms with E-state index in [0.717, 1.165) is 19.3 Å². The van der Waals surface area contributed by atoms with E-state index < -0.39 is 0 Å². The van der Waals surface area contributed by atoms with E-state index in [4.69, 9.17) is 4.74 Å². The molecule has 0 aromatic rings. The Bertz CT molecular complexity index is 269. The number of ether oxygens (including phenoxy) is 1. The molecular weight excluding hydrogens is 228 g/mol. The Morgan fingerprint density at radius 3 is 2.56 bits per heavy atom. The average Bonchev–Trinajstić information content (AvgIpc) is 2.57. The summed E-state index contributed by atoms with van der Waals surface area (Å²) in [5, 5.41) is 3.47. The van der Waals surface area contributed by atoms with Crippen LogP contribution in [0.5, 0.6) is 0 Å². The topological polar surface area (TPSA) is 41.6 Å². The molecule has 106 valence electrons. The first-order valence-electron chi connectivity index (χ1n) is 7.08. The molecule has 18 heavy (non-hydrogen) atoms. The molecule has 1 aliphatic heterocycles. The number of hydrogen-bond acceptors (Lipinski definition) is 3. The van der Waals surface area contributed by atoms with Crippen molar-refractivity contribution in [3.63, 3.8) is 0 Å². The quantitative estimate of drug-likeness (QED) is 0.757. The Kier molecular flexibility index (Phi) is 6.09. The SMILES string of the molecule is CCCC1NC(CC(C)C)N(CC(C)OC)C1=O. The molecule has 0 radical (unpaired) electrons. The van der Waals surface area contributed by atoms with Gasteiger partial charge in [-0.2, -0.15) is 0 Å². The zero-order valence-electron chi connectivity index (χ0n) is 12.4. The molecule has 4 heteroatoms. The van der Waals surface area contributed by atoms with Crippen molar-refractivity contribution in [2.24, 2.45) is 5.92 Å². The molecule has 0 aromatic carbocycles. The van der Waals surface area contributed by atoms with Crippen molar-refractivity contribution >= 4 is 5.91 Å². The third-order valence-electron chi connectivity index (χ3n) is 3.48. The molecule has 1 aliphatic rings. The van der Waals surface area contributed by atoms with Crippen LogP contribution in [0, 0.1) is 5.92 Å². The van der Waals surface area contributed by atoms with Crippen LogP contribution < -0.4 is 5.32 Å². The molecule has 3 unspecified atom stereocenters. The van der Waals surface area contributed by atoms with Crippen LogP contribution in [-0.4, -0.2) is 42.8 Å². The largest absolute Gasteiger partial charge is 0.380 e. The molecule has 1 fully saturated rings. The second kappa shape index (κ2) is 7.10. The maximum atomic E-state index is 12.3. The molecular formula is C14H28N2O2. The summed E-state index contributed by atoms with van der Waals surface area (Å²) in [7, 11) is 1.69. The molecule has 0 saturated carbocycles. The van der Waals surface area contributed by atoms with Crippen molar-refractivity contribution in [1.82, 2.24) is 10.2 Å². The summed E-state index contributed by atoms with van der Waals surface area (Å²) in [6, 6.07) is 0.00260. The first-order valence-corrected chi connectivity index (χ1v) is 7.08. The van der Waals surface area contributed by atoms with Crippen LogP contribution in [0.3, 0.4) is 0 Å². The fourth-order valence-electron chi connectivity index (χ4n) is 2.45. The predicted molar refractivity (Wildman–Crippen MR) is 73.3 cm³/mol. The van der Waals surface area contributed by atoms with Gasteiger partial charge in [-0.15, -0.1) is 0 Å². The van der Waals surface area contributed by atoms with E-state index in [1.165, 1.54) is 0 Å². The van der Waals surface area contributed by atoms with Gasteiger partial charge in [-0.25, -0.2) is 0 Å². The summed E-state index contributed by atoms with van der Waals surface area (Å²) in [6.07, 6.45) is 3.22. The van der Waals surface area contributed by atoms with Gasteiger partial charge < -0.3 is 9.64 Å². The van der Waals surface area contributed by atoms with Crippen molar-refractivity contribution in [3.05, 3.63) is 0 Å². The van der Waals surface area contributed by atoms with Crippen LogP contribution in [0.15, 0.2) is 0 Å². The molecule has 0 aromatic heterocycles. The maximum absolute atomic E-state index is 12.3. The summed E-state index contributed by atoms with van der Waals surface area (Å²) in [5.41, 5.74) is 0. The highest BCUT2D eigenvalue weighted by molar-refractivity contribution is 5.84. The van der Waals surface area contributed by atoms with Gasteiger partial charge in [0.25, 0.3) is 0 Å². The zero-order valence-corrected chi connectivity index (χ0v) is 12.4. The van der Waals surface area contributed by atoms with Gasteiger partial charge in [-0.3, -0.25) is 10.1 Å². The first kappa shape index (κ1) is 15.4. The lowest BCUT2D eigenvalue weighted by molar-refractivity contribution is -0.131. The monoisotopic (exact) mass is 256 g/mol. The number of carbonyl (C=O) groups excluding carboxylic acids is 1. The summed E-state index contributed by atoms with van der Waals surface area (Å²) in [4.78, 5) is 14.3. The summed E-state index contributed by atoms with van der Waals surface area (Å²) < 4.78 is 5.29. The second-order valence-corrected chi connectivity index (χ2v) is 5.69. The minimum Gasteiger partial charge on any atom is -0.380 e. The van der Waals surface area contributed by atoms with Gasteiger partial charge >= 0.3 is 0 Å². The standard InChI is InChI=1S/C14H28N2O2/c1-6-7-12-14(17)16(9-11(4)18-5)13(15-12)8-10(2)3/h10-13,15H,6-9H2,1-5H3. The van der Waals surface area contributed by atoms with Gasteiger partial charge in [0.1, 0.15) is 0 Å². The number of nitrogens with one attached hydrogen (secondary N) is 1. The van der Waals surface area contributed by atoms with E-state index in [2.05, 4.69) is 26.1 Å². The molecule has 1 amide bonds. The molecule has 1 heterocycles. The number of rotatable bonds is 7. The molecule has 3 atom stereocenters. The number of methoxy groups -OCH3 is 1. The molecule has 0 bridgehead atoms. The Hall–Kier alpha value is -0.610. The Morgan fingerprint density at radius 1 is 1.39 bits per heavy atom. The van der Waals surface area contributed by atoms with E-state index in [1.807, 2.05) is 11.8 Å². The maximum Gasteiger partial charge on any atom is 0.241 e. The lowest BCUT2D eigenvalue weighted by atomic mass is 10.1. The molecule has 1 rings (SSSR count). The second-order valence-electron chi connectivity index (χ2n) is 5.69. The average molecular weight is 256 g/mol. The third-order valence-corrected chi connectivity index (χ3v) is 3.48. The van der Waals surface area contributed by atoms with Crippen LogP contribution >= 0.6 is 0 Å². The van der Waals surface area contributed by atoms with Crippen LogP contribution in [0.25, 0.3) is 0 Å². The van der Waals surface area contributed by atoms with Crippen molar-refractivity contribution in [3.8, 4) is 0 Å². The van der Waals surface area contributed by atoms with Crippen LogP contribution in [-0.2, 0) is 9.53 Å². The van der Waals surface area contributed by atoms with Crippen molar-refractivity contribution in [2.75, 3.05) is 13.7 Å². The fourth-order valence-corrected chi connectivity index (χ4v) is 2.45. The van der Waals surface area contributed by atoms with Gasteiger partial charge in [0.05, 0.1) is 18.3 Å². The summed E-state index contributed by atoms with van der Waals surface area (Å²) in [6.45, 7) is 9.19. The highest BCUT2D eigenvalue weighted by atomic mass is 16.5. The van der Waals surface area contributed by atoms with Crippen molar-refractivity contribution in [1.29, 1.82) is 0 Å². The van der Waals surface area contributed by atoms with Gasteiger partial charge in [0, 0.05) is 13.7 Å². The minimum absolute atomic E-state index is 0.00260. The van der Waals surface area contributed by atoms with Crippen molar-refractivity contribution in [2.45, 2.75) is 65.3 Å². The molecule has 0 aliphatic carbocycles. The van der Waals surface area contributed by atoms with Gasteiger partial charge in [0.15, 0.2) is 0 Å². The van der Waals surface area contributed by atoms with Crippen LogP contribution in [0.2, 0.25) is 0 Å². The lowest BCUT2D eigenvalue weighted by Crippen LogP contribution is -2.42. The van der Waals surface area contributed by atoms with E-state index >= 15 is 0 Å². The van der Waals surface area contributed by atoms with E-state index in [0.29, 0.717) is 12.5 Å². The van der Waals surface area contributed by atoms with Crippen molar-refractivity contribution < 1.29 is 9.53 Å². The third kappa shape index (κ3) is 3.95. The highest BCUT2D eigenvalue weighted by Crippen LogP contribution is 2.20. The summed E-state index contributed by atoms with van der Waals surface area (Å²) in [5.74, 6) is 0.822. The van der Waals surface area contributed by atoms with E-state index in [1.54, 1.807) is 7.11 Å². The number of hydrogen-bond donors (Lipinski definition) is 1. The van der Waals surface area contributed by atoms with Gasteiger partial charge in [-0.05, 0) is 25.7 Å². The number of carbonyl (C=O) groups is 1. The van der Waals surface area contributed by atoms with Crippen LogP contribution in [0.1, 0.15) is 47.0 Å². The minimum atomic E-state index is 0.00260. The Labute approximate surface area is 111 Å². The predicted octanol–water partition coefficient (Wildman–Crippen LogP) is 1.99. The lowest BCUT2D eigenvalue weighted by Gasteiger charge is -2.27. The Morgan fingerprint density at radius 2 is 2.06 bits per heavy atom. The Balaban J connectivity index is 2.69.